The Morgan fingerprint density at radius 1 is 1.35 bits per heavy atom. The third kappa shape index (κ3) is 4.46. The van der Waals surface area contributed by atoms with Crippen LogP contribution in [0.4, 0.5) is 4.79 Å². The van der Waals surface area contributed by atoms with Crippen molar-refractivity contribution >= 4 is 6.03 Å². The molecule has 2 N–H and O–H groups in total. The highest BCUT2D eigenvalue weighted by Gasteiger charge is 2.26. The Bertz CT molecular complexity index is 557. The highest BCUT2D eigenvalue weighted by atomic mass is 16.3. The summed E-state index contributed by atoms with van der Waals surface area (Å²) in [5, 5.41) is 21.0. The molecule has 0 bridgehead atoms. The maximum Gasteiger partial charge on any atom is 0.317 e. The first-order valence-corrected chi connectivity index (χ1v) is 8.19. The lowest BCUT2D eigenvalue weighted by molar-refractivity contribution is 0.133. The number of rotatable bonds is 4. The van der Waals surface area contributed by atoms with Crippen LogP contribution in [0.1, 0.15) is 49.8 Å². The van der Waals surface area contributed by atoms with Crippen LogP contribution in [0.2, 0.25) is 0 Å². The number of amides is 2. The first-order valence-electron chi connectivity index (χ1n) is 8.19. The van der Waals surface area contributed by atoms with Crippen LogP contribution in [-0.4, -0.2) is 35.7 Å². The highest BCUT2D eigenvalue weighted by molar-refractivity contribution is 5.74. The van der Waals surface area contributed by atoms with E-state index in [1.54, 1.807) is 17.0 Å². The molecule has 1 saturated carbocycles. The topological polar surface area (TPSA) is 76.4 Å². The molecule has 0 saturated heterocycles. The van der Waals surface area contributed by atoms with E-state index >= 15 is 0 Å². The quantitative estimate of drug-likeness (QED) is 0.897. The smallest absolute Gasteiger partial charge is 0.317 e. The van der Waals surface area contributed by atoms with Crippen molar-refractivity contribution in [3.8, 4) is 6.07 Å². The maximum absolute atomic E-state index is 12.4. The number of hydrogen-bond donors (Lipinski definition) is 2. The van der Waals surface area contributed by atoms with Gasteiger partial charge in [-0.3, -0.25) is 0 Å². The summed E-state index contributed by atoms with van der Waals surface area (Å²) < 4.78 is 0. The predicted octanol–water partition coefficient (Wildman–Crippen LogP) is 2.81. The molecule has 1 aromatic carbocycles. The fraction of sp³-hybridized carbons (Fsp3) is 0.556. The van der Waals surface area contributed by atoms with Gasteiger partial charge in [-0.25, -0.2) is 4.79 Å². The van der Waals surface area contributed by atoms with Crippen LogP contribution in [0, 0.1) is 17.2 Å². The van der Waals surface area contributed by atoms with Crippen LogP contribution in [0.15, 0.2) is 24.3 Å². The Kier molecular flexibility index (Phi) is 6.00. The monoisotopic (exact) mass is 315 g/mol. The molecule has 0 spiro atoms. The van der Waals surface area contributed by atoms with E-state index in [1.807, 2.05) is 26.1 Å². The number of nitrogens with zero attached hydrogens (tertiary/aromatic N) is 2. The number of carbonyl (C=O) groups is 1. The van der Waals surface area contributed by atoms with Gasteiger partial charge in [0, 0.05) is 19.7 Å². The minimum absolute atomic E-state index is 0.0747. The molecule has 23 heavy (non-hydrogen) atoms. The average Bonchev–Trinajstić information content (AvgIpc) is 2.61. The Balaban J connectivity index is 1.88. The van der Waals surface area contributed by atoms with Gasteiger partial charge in [0.1, 0.15) is 0 Å². The summed E-state index contributed by atoms with van der Waals surface area (Å²) >= 11 is 0. The molecular weight excluding hydrogens is 290 g/mol. The second-order valence-electron chi connectivity index (χ2n) is 6.37. The van der Waals surface area contributed by atoms with Gasteiger partial charge >= 0.3 is 6.03 Å². The molecule has 1 fully saturated rings. The summed E-state index contributed by atoms with van der Waals surface area (Å²) in [5.41, 5.74) is 1.60. The van der Waals surface area contributed by atoms with Crippen LogP contribution in [0.5, 0.6) is 0 Å². The summed E-state index contributed by atoms with van der Waals surface area (Å²) in [5.74, 6) is 0.389. The molecule has 1 aliphatic carbocycles. The van der Waals surface area contributed by atoms with Gasteiger partial charge in [-0.15, -0.1) is 0 Å². The minimum atomic E-state index is -0.105. The minimum Gasteiger partial charge on any atom is -0.396 e. The normalized spacial score (nSPS) is 22.0. The van der Waals surface area contributed by atoms with Gasteiger partial charge < -0.3 is 15.3 Å². The molecule has 1 aliphatic rings. The zero-order valence-electron chi connectivity index (χ0n) is 13.8. The molecule has 0 radical (unpaired) electrons. The second-order valence-corrected chi connectivity index (χ2v) is 6.37. The number of aliphatic hydroxyl groups is 1. The number of urea groups is 1. The van der Waals surface area contributed by atoms with E-state index in [9.17, 15) is 9.90 Å². The zero-order valence-corrected chi connectivity index (χ0v) is 13.8. The van der Waals surface area contributed by atoms with E-state index in [0.29, 0.717) is 11.5 Å². The van der Waals surface area contributed by atoms with E-state index in [4.69, 9.17) is 5.26 Å². The number of benzene rings is 1. The number of hydrogen-bond acceptors (Lipinski definition) is 3. The summed E-state index contributed by atoms with van der Waals surface area (Å²) in [6, 6.07) is 9.42. The molecule has 1 unspecified atom stereocenters. The van der Waals surface area contributed by atoms with Gasteiger partial charge in [-0.2, -0.15) is 5.26 Å². The summed E-state index contributed by atoms with van der Waals surface area (Å²) in [7, 11) is 1.84. The molecular formula is C18H25N3O2. The Morgan fingerprint density at radius 2 is 1.96 bits per heavy atom. The summed E-state index contributed by atoms with van der Waals surface area (Å²) in [6.45, 7) is 2.19. The van der Waals surface area contributed by atoms with Crippen molar-refractivity contribution in [3.05, 3.63) is 35.4 Å². The molecule has 1 atom stereocenters. The lowest BCUT2D eigenvalue weighted by atomic mass is 9.86. The van der Waals surface area contributed by atoms with E-state index in [1.165, 1.54) is 0 Å². The second kappa shape index (κ2) is 7.98. The molecule has 0 aliphatic heterocycles. The van der Waals surface area contributed by atoms with Crippen molar-refractivity contribution in [2.24, 2.45) is 5.92 Å². The van der Waals surface area contributed by atoms with Crippen LogP contribution < -0.4 is 5.32 Å². The molecule has 0 aromatic heterocycles. The maximum atomic E-state index is 12.4. The van der Waals surface area contributed by atoms with Gasteiger partial charge in [-0.05, 0) is 56.2 Å². The lowest BCUT2D eigenvalue weighted by Crippen LogP contribution is -2.45. The fourth-order valence-electron chi connectivity index (χ4n) is 3.10. The highest BCUT2D eigenvalue weighted by Crippen LogP contribution is 2.27. The lowest BCUT2D eigenvalue weighted by Gasteiger charge is -2.34. The standard InChI is InChI=1S/C18H25N3O2/c1-13(16-7-3-14(11-19)4-8-16)20-18(23)21(2)17-9-5-15(12-22)6-10-17/h3-4,7-8,13,15,17,22H,5-6,9-10,12H2,1-2H3,(H,20,23). The van der Waals surface area contributed by atoms with Gasteiger partial charge in [0.2, 0.25) is 0 Å². The van der Waals surface area contributed by atoms with Crippen molar-refractivity contribution in [1.29, 1.82) is 5.26 Å². The largest absolute Gasteiger partial charge is 0.396 e. The number of aliphatic hydroxyl groups excluding tert-OH is 1. The molecule has 2 amide bonds. The molecule has 5 heteroatoms. The molecule has 5 nitrogen and oxygen atoms in total. The van der Waals surface area contributed by atoms with Crippen LogP contribution in [0.3, 0.4) is 0 Å². The molecule has 2 rings (SSSR count). The summed E-state index contributed by atoms with van der Waals surface area (Å²) in [4.78, 5) is 14.2. The van der Waals surface area contributed by atoms with Crippen molar-refractivity contribution in [3.63, 3.8) is 0 Å². The Labute approximate surface area is 137 Å². The van der Waals surface area contributed by atoms with E-state index < -0.39 is 0 Å². The average molecular weight is 315 g/mol. The van der Waals surface area contributed by atoms with Gasteiger partial charge in [0.05, 0.1) is 17.7 Å². The van der Waals surface area contributed by atoms with Crippen molar-refractivity contribution in [2.45, 2.75) is 44.7 Å². The first-order chi connectivity index (χ1) is 11.0. The van der Waals surface area contributed by atoms with Crippen LogP contribution in [0.25, 0.3) is 0 Å². The van der Waals surface area contributed by atoms with E-state index in [-0.39, 0.29) is 24.7 Å². The predicted molar refractivity (Wildman–Crippen MR) is 88.7 cm³/mol. The van der Waals surface area contributed by atoms with Gasteiger partial charge in [0.15, 0.2) is 0 Å². The molecule has 1 aromatic rings. The Hall–Kier alpha value is -2.06. The zero-order chi connectivity index (χ0) is 16.8. The van der Waals surface area contributed by atoms with Crippen LogP contribution in [-0.2, 0) is 0 Å². The SMILES string of the molecule is CC(NC(=O)N(C)C1CCC(CO)CC1)c1ccc(C#N)cc1. The first kappa shape index (κ1) is 17.3. The van der Waals surface area contributed by atoms with Crippen LogP contribution >= 0.6 is 0 Å². The number of nitriles is 1. The number of nitrogens with one attached hydrogen (secondary N) is 1. The van der Waals surface area contributed by atoms with Gasteiger partial charge in [0.25, 0.3) is 0 Å². The van der Waals surface area contributed by atoms with E-state index in [0.717, 1.165) is 31.2 Å². The van der Waals surface area contributed by atoms with Crippen molar-refractivity contribution in [2.75, 3.05) is 13.7 Å². The summed E-state index contributed by atoms with van der Waals surface area (Å²) in [6.07, 6.45) is 3.84. The molecule has 124 valence electrons. The van der Waals surface area contributed by atoms with E-state index in [2.05, 4.69) is 11.4 Å². The third-order valence-electron chi connectivity index (χ3n) is 4.82. The van der Waals surface area contributed by atoms with Gasteiger partial charge in [-0.1, -0.05) is 12.1 Å². The Morgan fingerprint density at radius 3 is 2.48 bits per heavy atom. The molecule has 0 heterocycles. The number of carbonyl (C=O) groups excluding carboxylic acids is 1. The van der Waals surface area contributed by atoms with Crippen molar-refractivity contribution < 1.29 is 9.90 Å². The fourth-order valence-corrected chi connectivity index (χ4v) is 3.10. The van der Waals surface area contributed by atoms with Crippen molar-refractivity contribution in [1.82, 2.24) is 10.2 Å². The third-order valence-corrected chi connectivity index (χ3v) is 4.82.